The molecular weight excluding hydrogens is 300 g/mol. The van der Waals surface area contributed by atoms with Crippen LogP contribution in [-0.4, -0.2) is 28.3 Å². The molecule has 0 saturated heterocycles. The predicted octanol–water partition coefficient (Wildman–Crippen LogP) is 2.44. The first kappa shape index (κ1) is 16.7. The van der Waals surface area contributed by atoms with Crippen LogP contribution in [0.5, 0.6) is 0 Å². The molecule has 5 heteroatoms. The van der Waals surface area contributed by atoms with Crippen LogP contribution >= 0.6 is 0 Å². The zero-order valence-electron chi connectivity index (χ0n) is 14.0. The van der Waals surface area contributed by atoms with Gasteiger partial charge in [-0.2, -0.15) is 5.10 Å². The van der Waals surface area contributed by atoms with E-state index < -0.39 is 0 Å². The highest BCUT2D eigenvalue weighted by Gasteiger charge is 2.23. The molecule has 1 aliphatic carbocycles. The number of carbonyl (C=O) groups is 1. The number of nitrogens with two attached hydrogens (primary N) is 1. The molecule has 3 N–H and O–H groups in total. The van der Waals surface area contributed by atoms with Gasteiger partial charge in [-0.1, -0.05) is 31.4 Å². The van der Waals surface area contributed by atoms with E-state index in [1.807, 2.05) is 36.5 Å². The average molecular weight is 326 g/mol. The summed E-state index contributed by atoms with van der Waals surface area (Å²) in [5.74, 6) is 0.595. The second-order valence-corrected chi connectivity index (χ2v) is 6.60. The maximum Gasteiger partial charge on any atom is 0.224 e. The Hall–Kier alpha value is -2.14. The van der Waals surface area contributed by atoms with Gasteiger partial charge in [-0.15, -0.1) is 0 Å². The number of rotatable bonds is 6. The molecule has 128 valence electrons. The molecule has 0 bridgehead atoms. The summed E-state index contributed by atoms with van der Waals surface area (Å²) in [5.41, 5.74) is 7.89. The van der Waals surface area contributed by atoms with Crippen molar-refractivity contribution in [3.8, 4) is 5.69 Å². The monoisotopic (exact) mass is 326 g/mol. The molecule has 0 radical (unpaired) electrons. The van der Waals surface area contributed by atoms with Crippen molar-refractivity contribution in [2.75, 3.05) is 6.54 Å². The van der Waals surface area contributed by atoms with Crippen molar-refractivity contribution < 1.29 is 4.79 Å². The van der Waals surface area contributed by atoms with Gasteiger partial charge in [0.15, 0.2) is 0 Å². The molecule has 0 aliphatic heterocycles. The van der Waals surface area contributed by atoms with Crippen molar-refractivity contribution in [1.82, 2.24) is 15.1 Å². The Morgan fingerprint density at radius 3 is 2.62 bits per heavy atom. The molecule has 1 aliphatic rings. The van der Waals surface area contributed by atoms with Crippen LogP contribution in [0.2, 0.25) is 0 Å². The molecule has 1 unspecified atom stereocenters. The first-order valence-corrected chi connectivity index (χ1v) is 8.84. The van der Waals surface area contributed by atoms with E-state index in [1.165, 1.54) is 32.1 Å². The lowest BCUT2D eigenvalue weighted by atomic mass is 9.84. The van der Waals surface area contributed by atoms with Gasteiger partial charge < -0.3 is 11.1 Å². The van der Waals surface area contributed by atoms with E-state index in [2.05, 4.69) is 10.4 Å². The van der Waals surface area contributed by atoms with E-state index in [4.69, 9.17) is 5.73 Å². The fraction of sp³-hybridized carbons (Fsp3) is 0.474. The number of amides is 1. The topological polar surface area (TPSA) is 72.9 Å². The number of hydrogen-bond donors (Lipinski definition) is 2. The minimum Gasteiger partial charge on any atom is -0.352 e. The third-order valence-corrected chi connectivity index (χ3v) is 4.89. The molecule has 1 saturated carbocycles. The van der Waals surface area contributed by atoms with Crippen LogP contribution in [0.15, 0.2) is 42.7 Å². The zero-order chi connectivity index (χ0) is 16.8. The molecular formula is C19H26N4O. The highest BCUT2D eigenvalue weighted by molar-refractivity contribution is 5.79. The molecule has 5 nitrogen and oxygen atoms in total. The maximum absolute atomic E-state index is 12.4. The molecule has 1 aromatic carbocycles. The molecule has 3 rings (SSSR count). The molecule has 1 atom stereocenters. The van der Waals surface area contributed by atoms with Gasteiger partial charge in [0.1, 0.15) is 0 Å². The van der Waals surface area contributed by atoms with Gasteiger partial charge in [-0.25, -0.2) is 4.68 Å². The summed E-state index contributed by atoms with van der Waals surface area (Å²) in [6.45, 7) is 0.522. The predicted molar refractivity (Wildman–Crippen MR) is 94.8 cm³/mol. The Morgan fingerprint density at radius 1 is 1.25 bits per heavy atom. The van der Waals surface area contributed by atoms with Crippen LogP contribution in [0.1, 0.15) is 37.7 Å². The van der Waals surface area contributed by atoms with Crippen molar-refractivity contribution in [1.29, 1.82) is 0 Å². The molecule has 1 amide bonds. The number of aromatic nitrogens is 2. The normalized spacial score (nSPS) is 16.7. The smallest absolute Gasteiger partial charge is 0.224 e. The summed E-state index contributed by atoms with van der Waals surface area (Å²) in [6.07, 6.45) is 10.2. The maximum atomic E-state index is 12.4. The quantitative estimate of drug-likeness (QED) is 0.856. The van der Waals surface area contributed by atoms with Crippen LogP contribution in [0.4, 0.5) is 0 Å². The van der Waals surface area contributed by atoms with E-state index in [0.29, 0.717) is 18.9 Å². The van der Waals surface area contributed by atoms with Crippen LogP contribution < -0.4 is 11.1 Å². The second kappa shape index (κ2) is 8.11. The van der Waals surface area contributed by atoms with Crippen molar-refractivity contribution >= 4 is 5.91 Å². The summed E-state index contributed by atoms with van der Waals surface area (Å²) >= 11 is 0. The fourth-order valence-electron chi connectivity index (χ4n) is 3.54. The average Bonchev–Trinajstić information content (AvgIpc) is 3.16. The first-order chi connectivity index (χ1) is 11.8. The lowest BCUT2D eigenvalue weighted by Crippen LogP contribution is -2.46. The van der Waals surface area contributed by atoms with E-state index in [9.17, 15) is 4.79 Å². The van der Waals surface area contributed by atoms with E-state index in [-0.39, 0.29) is 11.9 Å². The molecule has 0 spiro atoms. The van der Waals surface area contributed by atoms with Gasteiger partial charge in [0.25, 0.3) is 0 Å². The highest BCUT2D eigenvalue weighted by Crippen LogP contribution is 2.26. The summed E-state index contributed by atoms with van der Waals surface area (Å²) in [5, 5.41) is 7.35. The standard InChI is InChI=1S/C19H26N4O/c20-14-18(16-5-2-1-3-6-16)22-19(24)13-15-7-9-17(10-8-15)23-12-4-11-21-23/h4,7-12,16,18H,1-3,5-6,13-14,20H2,(H,22,24). The highest BCUT2D eigenvalue weighted by atomic mass is 16.1. The second-order valence-electron chi connectivity index (χ2n) is 6.60. The van der Waals surface area contributed by atoms with Gasteiger partial charge >= 0.3 is 0 Å². The van der Waals surface area contributed by atoms with E-state index in [0.717, 1.165) is 11.3 Å². The summed E-state index contributed by atoms with van der Waals surface area (Å²) in [4.78, 5) is 12.4. The summed E-state index contributed by atoms with van der Waals surface area (Å²) in [7, 11) is 0. The molecule has 24 heavy (non-hydrogen) atoms. The van der Waals surface area contributed by atoms with E-state index in [1.54, 1.807) is 10.9 Å². The zero-order valence-corrected chi connectivity index (χ0v) is 14.0. The van der Waals surface area contributed by atoms with Crippen LogP contribution in [0.3, 0.4) is 0 Å². The minimum absolute atomic E-state index is 0.0582. The van der Waals surface area contributed by atoms with Gasteiger partial charge in [0.2, 0.25) is 5.91 Å². The Balaban J connectivity index is 1.55. The summed E-state index contributed by atoms with van der Waals surface area (Å²) < 4.78 is 1.80. The van der Waals surface area contributed by atoms with Gasteiger partial charge in [0.05, 0.1) is 12.1 Å². The van der Waals surface area contributed by atoms with Gasteiger partial charge in [-0.05, 0) is 42.5 Å². The summed E-state index contributed by atoms with van der Waals surface area (Å²) in [6, 6.07) is 9.93. The first-order valence-electron chi connectivity index (χ1n) is 8.84. The lowest BCUT2D eigenvalue weighted by Gasteiger charge is -2.30. The third kappa shape index (κ3) is 4.23. The van der Waals surface area contributed by atoms with Gasteiger partial charge in [0, 0.05) is 25.0 Å². The van der Waals surface area contributed by atoms with Crippen molar-refractivity contribution in [3.63, 3.8) is 0 Å². The molecule has 1 heterocycles. The SMILES string of the molecule is NCC(NC(=O)Cc1ccc(-n2cccn2)cc1)C1CCCCC1. The minimum atomic E-state index is 0.0582. The molecule has 1 fully saturated rings. The number of nitrogens with zero attached hydrogens (tertiary/aromatic N) is 2. The Bertz CT molecular complexity index is 630. The number of carbonyl (C=O) groups excluding carboxylic acids is 1. The molecule has 1 aromatic heterocycles. The number of nitrogens with one attached hydrogen (secondary N) is 1. The Morgan fingerprint density at radius 2 is 2.00 bits per heavy atom. The number of hydrogen-bond acceptors (Lipinski definition) is 3. The van der Waals surface area contributed by atoms with Crippen molar-refractivity contribution in [2.45, 2.75) is 44.6 Å². The lowest BCUT2D eigenvalue weighted by molar-refractivity contribution is -0.121. The number of benzene rings is 1. The van der Waals surface area contributed by atoms with Crippen molar-refractivity contribution in [3.05, 3.63) is 48.3 Å². The Labute approximate surface area is 143 Å². The fourth-order valence-corrected chi connectivity index (χ4v) is 3.54. The largest absolute Gasteiger partial charge is 0.352 e. The van der Waals surface area contributed by atoms with Crippen LogP contribution in [-0.2, 0) is 11.2 Å². The Kier molecular flexibility index (Phi) is 5.64. The third-order valence-electron chi connectivity index (χ3n) is 4.89. The van der Waals surface area contributed by atoms with E-state index >= 15 is 0 Å². The van der Waals surface area contributed by atoms with Crippen LogP contribution in [0.25, 0.3) is 5.69 Å². The molecule has 2 aromatic rings. The van der Waals surface area contributed by atoms with Crippen molar-refractivity contribution in [2.24, 2.45) is 11.7 Å². The van der Waals surface area contributed by atoms with Crippen LogP contribution in [0, 0.1) is 5.92 Å². The van der Waals surface area contributed by atoms with Gasteiger partial charge in [-0.3, -0.25) is 4.79 Å².